The van der Waals surface area contributed by atoms with Gasteiger partial charge in [-0.2, -0.15) is 0 Å². The zero-order valence-corrected chi connectivity index (χ0v) is 21.5. The molecule has 1 aromatic carbocycles. The number of nitrogens with zero attached hydrogens (tertiary/aromatic N) is 3. The van der Waals surface area contributed by atoms with E-state index in [1.165, 1.54) is 4.57 Å². The Balaban J connectivity index is 2.05. The van der Waals surface area contributed by atoms with E-state index in [1.807, 2.05) is 59.0 Å². The SMILES string of the molecule is CCOC1=N[C@H](C(C)C)C(OCC)=N[C@H]1Cc1cn(C(=O)OC(C)(C)C)c2cc(OC)ccc12. The molecule has 1 aliphatic heterocycles. The van der Waals surface area contributed by atoms with Crippen LogP contribution >= 0.6 is 0 Å². The Kier molecular flexibility index (Phi) is 7.89. The highest BCUT2D eigenvalue weighted by molar-refractivity contribution is 5.96. The summed E-state index contributed by atoms with van der Waals surface area (Å²) in [6.07, 6.45) is 1.86. The van der Waals surface area contributed by atoms with Gasteiger partial charge in [0, 0.05) is 24.1 Å². The van der Waals surface area contributed by atoms with Crippen molar-refractivity contribution < 1.29 is 23.7 Å². The number of methoxy groups -OCH3 is 1. The lowest BCUT2D eigenvalue weighted by Crippen LogP contribution is -2.39. The van der Waals surface area contributed by atoms with Crippen LogP contribution in [0.1, 0.15) is 54.0 Å². The number of hydrogen-bond donors (Lipinski definition) is 0. The molecule has 1 aliphatic rings. The van der Waals surface area contributed by atoms with Crippen LogP contribution in [-0.4, -0.2) is 60.5 Å². The first-order valence-corrected chi connectivity index (χ1v) is 11.9. The Labute approximate surface area is 202 Å². The van der Waals surface area contributed by atoms with Crippen molar-refractivity contribution in [3.05, 3.63) is 30.0 Å². The van der Waals surface area contributed by atoms with E-state index in [0.717, 1.165) is 10.9 Å². The zero-order chi connectivity index (χ0) is 25.0. The van der Waals surface area contributed by atoms with Crippen molar-refractivity contribution in [2.45, 2.75) is 72.6 Å². The molecule has 8 nitrogen and oxygen atoms in total. The average Bonchev–Trinajstić information content (AvgIpc) is 3.12. The summed E-state index contributed by atoms with van der Waals surface area (Å²) in [5.74, 6) is 2.11. The fourth-order valence-electron chi connectivity index (χ4n) is 3.92. The first-order valence-electron chi connectivity index (χ1n) is 11.9. The van der Waals surface area contributed by atoms with Gasteiger partial charge in [0.2, 0.25) is 11.8 Å². The minimum Gasteiger partial charge on any atom is -0.497 e. The van der Waals surface area contributed by atoms with Gasteiger partial charge in [0.1, 0.15) is 23.4 Å². The highest BCUT2D eigenvalue weighted by atomic mass is 16.6. The van der Waals surface area contributed by atoms with E-state index in [4.69, 9.17) is 28.9 Å². The van der Waals surface area contributed by atoms with Crippen LogP contribution in [0.4, 0.5) is 4.79 Å². The molecule has 0 N–H and O–H groups in total. The van der Waals surface area contributed by atoms with Crippen LogP contribution in [-0.2, 0) is 20.6 Å². The summed E-state index contributed by atoms with van der Waals surface area (Å²) < 4.78 is 24.3. The van der Waals surface area contributed by atoms with Crippen LogP contribution in [0.3, 0.4) is 0 Å². The quantitative estimate of drug-likeness (QED) is 0.574. The second-order valence-corrected chi connectivity index (χ2v) is 9.60. The molecular weight excluding hydrogens is 434 g/mol. The van der Waals surface area contributed by atoms with Gasteiger partial charge in [0.15, 0.2) is 0 Å². The van der Waals surface area contributed by atoms with Crippen molar-refractivity contribution in [3.63, 3.8) is 0 Å². The molecule has 0 bridgehead atoms. The maximum Gasteiger partial charge on any atom is 0.419 e. The summed E-state index contributed by atoms with van der Waals surface area (Å²) in [5, 5.41) is 0.918. The molecular formula is C26H37N3O5. The van der Waals surface area contributed by atoms with Crippen molar-refractivity contribution in [3.8, 4) is 5.75 Å². The van der Waals surface area contributed by atoms with Crippen LogP contribution in [0.5, 0.6) is 5.75 Å². The molecule has 2 aromatic rings. The van der Waals surface area contributed by atoms with Crippen LogP contribution in [0.15, 0.2) is 34.4 Å². The second kappa shape index (κ2) is 10.5. The molecule has 0 radical (unpaired) electrons. The molecule has 34 heavy (non-hydrogen) atoms. The molecule has 0 saturated heterocycles. The summed E-state index contributed by atoms with van der Waals surface area (Å²) >= 11 is 0. The van der Waals surface area contributed by atoms with Crippen LogP contribution in [0.25, 0.3) is 10.9 Å². The third-order valence-electron chi connectivity index (χ3n) is 5.40. The number of carbonyl (C=O) groups is 1. The van der Waals surface area contributed by atoms with E-state index < -0.39 is 11.7 Å². The number of benzene rings is 1. The molecule has 0 fully saturated rings. The lowest BCUT2D eigenvalue weighted by Gasteiger charge is -2.28. The molecule has 3 rings (SSSR count). The van der Waals surface area contributed by atoms with Gasteiger partial charge in [-0.15, -0.1) is 0 Å². The lowest BCUT2D eigenvalue weighted by molar-refractivity contribution is 0.0544. The van der Waals surface area contributed by atoms with Crippen LogP contribution in [0.2, 0.25) is 0 Å². The first kappa shape index (κ1) is 25.6. The maximum atomic E-state index is 13.0. The monoisotopic (exact) mass is 471 g/mol. The molecule has 0 amide bonds. The number of rotatable bonds is 6. The van der Waals surface area contributed by atoms with Crippen molar-refractivity contribution in [2.24, 2.45) is 15.9 Å². The minimum atomic E-state index is -0.618. The average molecular weight is 472 g/mol. The predicted octanol–water partition coefficient (Wildman–Crippen LogP) is 5.25. The van der Waals surface area contributed by atoms with E-state index in [1.54, 1.807) is 7.11 Å². The van der Waals surface area contributed by atoms with E-state index in [-0.39, 0.29) is 18.0 Å². The Bertz CT molecular complexity index is 1080. The largest absolute Gasteiger partial charge is 0.497 e. The summed E-state index contributed by atoms with van der Waals surface area (Å²) in [5.41, 5.74) is 1.03. The Morgan fingerprint density at radius 2 is 1.76 bits per heavy atom. The third-order valence-corrected chi connectivity index (χ3v) is 5.40. The van der Waals surface area contributed by atoms with E-state index >= 15 is 0 Å². The van der Waals surface area contributed by atoms with Gasteiger partial charge >= 0.3 is 6.09 Å². The molecule has 0 unspecified atom stereocenters. The third kappa shape index (κ3) is 5.72. The molecule has 0 spiro atoms. The van der Waals surface area contributed by atoms with Gasteiger partial charge in [-0.25, -0.2) is 14.8 Å². The van der Waals surface area contributed by atoms with Gasteiger partial charge in [0.05, 0.1) is 25.8 Å². The highest BCUT2D eigenvalue weighted by Gasteiger charge is 2.32. The topological polar surface area (TPSA) is 83.6 Å². The Morgan fingerprint density at radius 1 is 1.09 bits per heavy atom. The molecule has 2 heterocycles. The predicted molar refractivity (Wildman–Crippen MR) is 134 cm³/mol. The number of aliphatic imine (C=N–C) groups is 2. The fourth-order valence-corrected chi connectivity index (χ4v) is 3.92. The number of ether oxygens (including phenoxy) is 4. The van der Waals surface area contributed by atoms with E-state index in [0.29, 0.717) is 42.7 Å². The molecule has 186 valence electrons. The fraction of sp³-hybridized carbons (Fsp3) is 0.577. The van der Waals surface area contributed by atoms with Crippen molar-refractivity contribution >= 4 is 28.8 Å². The highest BCUT2D eigenvalue weighted by Crippen LogP contribution is 2.29. The first-order chi connectivity index (χ1) is 16.1. The van der Waals surface area contributed by atoms with Crippen molar-refractivity contribution in [2.75, 3.05) is 20.3 Å². The van der Waals surface area contributed by atoms with Crippen LogP contribution < -0.4 is 4.74 Å². The van der Waals surface area contributed by atoms with E-state index in [9.17, 15) is 4.79 Å². The van der Waals surface area contributed by atoms with Gasteiger partial charge < -0.3 is 18.9 Å². The Hall–Kier alpha value is -3.03. The number of fused-ring (bicyclic) bond motifs is 1. The van der Waals surface area contributed by atoms with Crippen molar-refractivity contribution in [1.82, 2.24) is 4.57 Å². The molecule has 2 atom stereocenters. The van der Waals surface area contributed by atoms with Crippen LogP contribution in [0, 0.1) is 5.92 Å². The Morgan fingerprint density at radius 3 is 2.35 bits per heavy atom. The van der Waals surface area contributed by atoms with Gasteiger partial charge in [-0.3, -0.25) is 4.57 Å². The zero-order valence-electron chi connectivity index (χ0n) is 21.5. The van der Waals surface area contributed by atoms with Gasteiger partial charge in [0.25, 0.3) is 0 Å². The van der Waals surface area contributed by atoms with E-state index in [2.05, 4.69) is 13.8 Å². The minimum absolute atomic E-state index is 0.176. The maximum absolute atomic E-state index is 13.0. The second-order valence-electron chi connectivity index (χ2n) is 9.60. The molecule has 1 aromatic heterocycles. The number of hydrogen-bond acceptors (Lipinski definition) is 7. The summed E-state index contributed by atoms with van der Waals surface area (Å²) in [4.78, 5) is 22.8. The van der Waals surface area contributed by atoms with Crippen molar-refractivity contribution in [1.29, 1.82) is 0 Å². The summed E-state index contributed by atoms with van der Waals surface area (Å²) in [7, 11) is 1.60. The summed E-state index contributed by atoms with van der Waals surface area (Å²) in [6, 6.07) is 5.15. The standard InChI is InChI=1S/C26H37N3O5/c1-9-32-23-20(27-24(33-10-2)22(28-23)16(3)4)13-17-15-29(25(30)34-26(5,6)7)21-14-18(31-8)11-12-19(17)21/h11-12,14-16,20,22H,9-10,13H2,1-8H3/t20-,22+/m0/s1. The number of carbonyl (C=O) groups excluding carboxylic acids is 1. The van der Waals surface area contributed by atoms with Gasteiger partial charge in [-0.1, -0.05) is 13.8 Å². The lowest BCUT2D eigenvalue weighted by atomic mass is 10.00. The number of aromatic nitrogens is 1. The summed E-state index contributed by atoms with van der Waals surface area (Å²) in [6.45, 7) is 14.6. The van der Waals surface area contributed by atoms with Gasteiger partial charge in [-0.05, 0) is 58.2 Å². The normalized spacial score (nSPS) is 18.5. The molecule has 0 aliphatic carbocycles. The molecule has 0 saturated carbocycles. The molecule has 8 heteroatoms. The smallest absolute Gasteiger partial charge is 0.419 e.